The zero-order valence-electron chi connectivity index (χ0n) is 8.60. The molecule has 2 rings (SSSR count). The molecule has 0 bridgehead atoms. The minimum absolute atomic E-state index is 0.219. The van der Waals surface area contributed by atoms with Crippen LogP contribution in [0.2, 0.25) is 0 Å². The van der Waals surface area contributed by atoms with Gasteiger partial charge in [0.15, 0.2) is 5.82 Å². The second-order valence-corrected chi connectivity index (χ2v) is 4.43. The molecule has 0 aromatic carbocycles. The van der Waals surface area contributed by atoms with Gasteiger partial charge in [0.1, 0.15) is 0 Å². The molecule has 1 atom stereocenters. The first-order valence-electron chi connectivity index (χ1n) is 4.64. The summed E-state index contributed by atoms with van der Waals surface area (Å²) in [5, 5.41) is 6.88. The molecule has 0 aliphatic heterocycles. The molecule has 0 radical (unpaired) electrons. The number of hydrogen-bond donors (Lipinski definition) is 1. The second-order valence-electron chi connectivity index (χ2n) is 3.37. The highest BCUT2D eigenvalue weighted by atomic mass is 32.1. The van der Waals surface area contributed by atoms with E-state index in [1.165, 1.54) is 0 Å². The van der Waals surface area contributed by atoms with Crippen molar-refractivity contribution in [3.63, 3.8) is 0 Å². The molecule has 2 aromatic rings. The highest BCUT2D eigenvalue weighted by Crippen LogP contribution is 2.12. The van der Waals surface area contributed by atoms with Crippen LogP contribution in [0, 0.1) is 6.92 Å². The van der Waals surface area contributed by atoms with Gasteiger partial charge in [-0.15, -0.1) is 11.3 Å². The maximum absolute atomic E-state index is 5.61. The number of aromatic nitrogens is 3. The summed E-state index contributed by atoms with van der Waals surface area (Å²) in [6, 6.07) is -0.219. The molecule has 0 spiro atoms. The average molecular weight is 224 g/mol. The van der Waals surface area contributed by atoms with Gasteiger partial charge in [-0.2, -0.15) is 4.98 Å². The molecule has 0 fully saturated rings. The second kappa shape index (κ2) is 4.08. The van der Waals surface area contributed by atoms with E-state index in [9.17, 15) is 0 Å². The van der Waals surface area contributed by atoms with Crippen molar-refractivity contribution in [2.24, 2.45) is 5.73 Å². The number of nitrogens with two attached hydrogens (primary N) is 1. The molecule has 1 unspecified atom stereocenters. The number of rotatable bonds is 3. The Labute approximate surface area is 91.3 Å². The van der Waals surface area contributed by atoms with Crippen LogP contribution in [0.15, 0.2) is 9.90 Å². The first-order chi connectivity index (χ1) is 7.15. The van der Waals surface area contributed by atoms with Gasteiger partial charge in [0.2, 0.25) is 5.89 Å². The third kappa shape index (κ3) is 2.40. The Kier molecular flexibility index (Phi) is 2.79. The predicted octanol–water partition coefficient (Wildman–Crippen LogP) is 1.45. The predicted molar refractivity (Wildman–Crippen MR) is 56.6 cm³/mol. The van der Waals surface area contributed by atoms with Gasteiger partial charge in [0.05, 0.1) is 23.2 Å². The molecule has 2 aromatic heterocycles. The first-order valence-corrected chi connectivity index (χ1v) is 5.52. The largest absolute Gasteiger partial charge is 0.338 e. The Morgan fingerprint density at radius 1 is 1.53 bits per heavy atom. The molecule has 0 saturated carbocycles. The van der Waals surface area contributed by atoms with E-state index in [4.69, 9.17) is 10.3 Å². The lowest BCUT2D eigenvalue weighted by Gasteiger charge is -1.92. The Hall–Kier alpha value is -1.27. The van der Waals surface area contributed by atoms with E-state index in [2.05, 4.69) is 15.1 Å². The van der Waals surface area contributed by atoms with Gasteiger partial charge in [0.25, 0.3) is 0 Å². The lowest BCUT2D eigenvalue weighted by molar-refractivity contribution is 0.357. The van der Waals surface area contributed by atoms with Crippen LogP contribution >= 0.6 is 11.3 Å². The third-order valence-corrected chi connectivity index (χ3v) is 2.70. The number of hydrogen-bond acceptors (Lipinski definition) is 6. The average Bonchev–Trinajstić information content (AvgIpc) is 2.76. The fraction of sp³-hybridized carbons (Fsp3) is 0.444. The van der Waals surface area contributed by atoms with E-state index in [1.54, 1.807) is 11.3 Å². The highest BCUT2D eigenvalue weighted by molar-refractivity contribution is 7.09. The van der Waals surface area contributed by atoms with E-state index in [1.807, 2.05) is 19.2 Å². The maximum Gasteiger partial charge on any atom is 0.243 e. The SMILES string of the molecule is Cc1nc(Cc2noc(C(C)N)n2)cs1. The molecule has 2 heterocycles. The molecule has 80 valence electrons. The van der Waals surface area contributed by atoms with Crippen LogP contribution in [0.4, 0.5) is 0 Å². The van der Waals surface area contributed by atoms with Crippen molar-refractivity contribution in [3.05, 3.63) is 27.8 Å². The van der Waals surface area contributed by atoms with Crippen molar-refractivity contribution in [1.82, 2.24) is 15.1 Å². The minimum Gasteiger partial charge on any atom is -0.338 e. The molecule has 2 N–H and O–H groups in total. The van der Waals surface area contributed by atoms with E-state index in [0.717, 1.165) is 10.7 Å². The molecule has 15 heavy (non-hydrogen) atoms. The van der Waals surface area contributed by atoms with Gasteiger partial charge < -0.3 is 10.3 Å². The fourth-order valence-corrected chi connectivity index (χ4v) is 1.79. The molecule has 6 heteroatoms. The van der Waals surface area contributed by atoms with Crippen LogP contribution in [0.25, 0.3) is 0 Å². The van der Waals surface area contributed by atoms with Gasteiger partial charge in [-0.25, -0.2) is 4.98 Å². The van der Waals surface area contributed by atoms with Crippen molar-refractivity contribution < 1.29 is 4.52 Å². The Bertz CT molecular complexity index is 448. The summed E-state index contributed by atoms with van der Waals surface area (Å²) < 4.78 is 4.99. The highest BCUT2D eigenvalue weighted by Gasteiger charge is 2.11. The fourth-order valence-electron chi connectivity index (χ4n) is 1.18. The Balaban J connectivity index is 2.11. The van der Waals surface area contributed by atoms with Crippen molar-refractivity contribution in [2.45, 2.75) is 26.3 Å². The monoisotopic (exact) mass is 224 g/mol. The first kappa shape index (κ1) is 10.3. The summed E-state index contributed by atoms with van der Waals surface area (Å²) in [5.41, 5.74) is 6.58. The van der Waals surface area contributed by atoms with E-state index < -0.39 is 0 Å². The van der Waals surface area contributed by atoms with E-state index in [0.29, 0.717) is 18.1 Å². The van der Waals surface area contributed by atoms with E-state index in [-0.39, 0.29) is 6.04 Å². The molecule has 0 amide bonds. The lowest BCUT2D eigenvalue weighted by Crippen LogP contribution is -2.05. The van der Waals surface area contributed by atoms with Crippen molar-refractivity contribution >= 4 is 11.3 Å². The lowest BCUT2D eigenvalue weighted by atomic mass is 10.3. The van der Waals surface area contributed by atoms with Gasteiger partial charge in [-0.1, -0.05) is 5.16 Å². The molecule has 0 saturated heterocycles. The number of nitrogens with zero attached hydrogens (tertiary/aromatic N) is 3. The summed E-state index contributed by atoms with van der Waals surface area (Å²) in [4.78, 5) is 8.50. The number of thiazole rings is 1. The maximum atomic E-state index is 5.61. The minimum atomic E-state index is -0.219. The van der Waals surface area contributed by atoms with Gasteiger partial charge in [-0.3, -0.25) is 0 Å². The molecule has 0 aliphatic carbocycles. The summed E-state index contributed by atoms with van der Waals surface area (Å²) in [7, 11) is 0. The summed E-state index contributed by atoms with van der Waals surface area (Å²) in [6.45, 7) is 3.78. The quantitative estimate of drug-likeness (QED) is 0.853. The van der Waals surface area contributed by atoms with Gasteiger partial charge in [-0.05, 0) is 13.8 Å². The summed E-state index contributed by atoms with van der Waals surface area (Å²) in [6.07, 6.45) is 0.598. The van der Waals surface area contributed by atoms with Crippen LogP contribution < -0.4 is 5.73 Å². The normalized spacial score (nSPS) is 13.0. The van der Waals surface area contributed by atoms with Crippen LogP contribution in [-0.2, 0) is 6.42 Å². The van der Waals surface area contributed by atoms with Crippen molar-refractivity contribution in [3.8, 4) is 0 Å². The molecule has 5 nitrogen and oxygen atoms in total. The van der Waals surface area contributed by atoms with Gasteiger partial charge >= 0.3 is 0 Å². The Morgan fingerprint density at radius 3 is 2.87 bits per heavy atom. The van der Waals surface area contributed by atoms with Crippen molar-refractivity contribution in [2.75, 3.05) is 0 Å². The topological polar surface area (TPSA) is 77.8 Å². The van der Waals surface area contributed by atoms with Gasteiger partial charge in [0, 0.05) is 5.38 Å². The smallest absolute Gasteiger partial charge is 0.243 e. The standard InChI is InChI=1S/C9H12N4OS/c1-5(10)9-12-8(13-14-9)3-7-4-15-6(2)11-7/h4-5H,3,10H2,1-2H3. The number of aryl methyl sites for hydroxylation is 1. The van der Waals surface area contributed by atoms with Crippen LogP contribution in [0.3, 0.4) is 0 Å². The van der Waals surface area contributed by atoms with Crippen LogP contribution in [0.1, 0.15) is 35.4 Å². The summed E-state index contributed by atoms with van der Waals surface area (Å²) in [5.74, 6) is 1.10. The summed E-state index contributed by atoms with van der Waals surface area (Å²) >= 11 is 1.61. The Morgan fingerprint density at radius 2 is 2.33 bits per heavy atom. The zero-order chi connectivity index (χ0) is 10.8. The molecular weight excluding hydrogens is 212 g/mol. The van der Waals surface area contributed by atoms with Crippen molar-refractivity contribution in [1.29, 1.82) is 0 Å². The third-order valence-electron chi connectivity index (χ3n) is 1.88. The van der Waals surface area contributed by atoms with E-state index >= 15 is 0 Å². The zero-order valence-corrected chi connectivity index (χ0v) is 9.41. The molecule has 0 aliphatic rings. The van der Waals surface area contributed by atoms with Crippen LogP contribution in [-0.4, -0.2) is 15.1 Å². The molecular formula is C9H12N4OS. The van der Waals surface area contributed by atoms with Crippen LogP contribution in [0.5, 0.6) is 0 Å².